The SMILES string of the molecule is CN(C)c1ccc(C(=O)C(=O)O/C=C\OOCCOC(=O)C(=O)c2ccc(N(C)C)cc2)cc1. The summed E-state index contributed by atoms with van der Waals surface area (Å²) in [5, 5.41) is 0. The number of nitrogens with zero attached hydrogens (tertiary/aromatic N) is 2. The van der Waals surface area contributed by atoms with Crippen LogP contribution >= 0.6 is 0 Å². The molecule has 0 radical (unpaired) electrons. The summed E-state index contributed by atoms with van der Waals surface area (Å²) in [6.07, 6.45) is 1.72. The van der Waals surface area contributed by atoms with Crippen LogP contribution in [0.1, 0.15) is 20.7 Å². The zero-order valence-electron chi connectivity index (χ0n) is 19.3. The van der Waals surface area contributed by atoms with E-state index in [9.17, 15) is 19.2 Å². The van der Waals surface area contributed by atoms with E-state index >= 15 is 0 Å². The first-order chi connectivity index (χ1) is 16.2. The Labute approximate surface area is 197 Å². The van der Waals surface area contributed by atoms with Gasteiger partial charge in [0.05, 0.1) is 0 Å². The molecule has 0 fully saturated rings. The number of rotatable bonds is 12. The van der Waals surface area contributed by atoms with Gasteiger partial charge in [-0.2, -0.15) is 4.89 Å². The third-order valence-electron chi connectivity index (χ3n) is 4.42. The lowest BCUT2D eigenvalue weighted by Gasteiger charge is -2.12. The van der Waals surface area contributed by atoms with Crippen molar-refractivity contribution in [1.82, 2.24) is 0 Å². The largest absolute Gasteiger partial charge is 0.457 e. The van der Waals surface area contributed by atoms with E-state index in [2.05, 4.69) is 9.62 Å². The second-order valence-corrected chi connectivity index (χ2v) is 7.27. The van der Waals surface area contributed by atoms with Crippen molar-refractivity contribution in [3.8, 4) is 0 Å². The van der Waals surface area contributed by atoms with Gasteiger partial charge < -0.3 is 24.2 Å². The van der Waals surface area contributed by atoms with Crippen LogP contribution in [-0.4, -0.2) is 64.9 Å². The summed E-state index contributed by atoms with van der Waals surface area (Å²) in [4.78, 5) is 60.7. The zero-order valence-corrected chi connectivity index (χ0v) is 19.3. The fourth-order valence-corrected chi connectivity index (χ4v) is 2.54. The normalized spacial score (nSPS) is 10.5. The molecule has 0 heterocycles. The highest BCUT2D eigenvalue weighted by molar-refractivity contribution is 6.41. The molecule has 2 aromatic rings. The first-order valence-electron chi connectivity index (χ1n) is 10.2. The molecule has 0 aliphatic rings. The molecule has 0 aromatic heterocycles. The Bertz CT molecular complexity index is 1030. The molecule has 0 N–H and O–H groups in total. The second-order valence-electron chi connectivity index (χ2n) is 7.27. The molecule has 0 aliphatic heterocycles. The molecule has 0 bridgehead atoms. The molecule has 0 saturated carbocycles. The first kappa shape index (κ1) is 26.1. The molecule has 0 atom stereocenters. The smallest absolute Gasteiger partial charge is 0.384 e. The van der Waals surface area contributed by atoms with E-state index in [0.29, 0.717) is 0 Å². The van der Waals surface area contributed by atoms with Crippen molar-refractivity contribution in [1.29, 1.82) is 0 Å². The summed E-state index contributed by atoms with van der Waals surface area (Å²) in [6.45, 7) is -0.427. The van der Waals surface area contributed by atoms with Crippen LogP contribution in [0, 0.1) is 0 Å². The van der Waals surface area contributed by atoms with Crippen LogP contribution in [0.2, 0.25) is 0 Å². The average molecular weight is 470 g/mol. The fraction of sp³-hybridized carbons (Fsp3) is 0.250. The standard InChI is InChI=1S/C24H26N2O8/c1-25(2)19-9-5-17(6-10-19)21(27)23(29)31-13-15-33-34-16-14-32-24(30)22(28)18-7-11-20(12-8-18)26(3)4/h5-13,15H,14,16H2,1-4H3/b15-13-. The van der Waals surface area contributed by atoms with Gasteiger partial charge in [0.1, 0.15) is 19.5 Å². The molecular formula is C24H26N2O8. The molecule has 2 aromatic carbocycles. The molecule has 0 unspecified atom stereocenters. The van der Waals surface area contributed by atoms with Crippen molar-refractivity contribution in [2.45, 2.75) is 0 Å². The van der Waals surface area contributed by atoms with Crippen LogP contribution in [0.3, 0.4) is 0 Å². The lowest BCUT2D eigenvalue weighted by molar-refractivity contribution is -0.255. The minimum atomic E-state index is -1.09. The van der Waals surface area contributed by atoms with Gasteiger partial charge in [-0.05, 0) is 48.5 Å². The van der Waals surface area contributed by atoms with Crippen molar-refractivity contribution in [2.24, 2.45) is 0 Å². The molecule has 0 saturated heterocycles. The monoisotopic (exact) mass is 470 g/mol. The van der Waals surface area contributed by atoms with Gasteiger partial charge in [0, 0.05) is 50.7 Å². The van der Waals surface area contributed by atoms with Crippen molar-refractivity contribution in [2.75, 3.05) is 51.2 Å². The van der Waals surface area contributed by atoms with E-state index in [1.165, 1.54) is 24.3 Å². The Kier molecular flexibility index (Phi) is 9.78. The maximum atomic E-state index is 12.0. The van der Waals surface area contributed by atoms with E-state index < -0.39 is 23.5 Å². The van der Waals surface area contributed by atoms with E-state index in [4.69, 9.17) is 9.62 Å². The molecule has 180 valence electrons. The predicted molar refractivity (Wildman–Crippen MR) is 123 cm³/mol. The molecule has 34 heavy (non-hydrogen) atoms. The maximum absolute atomic E-state index is 12.0. The summed E-state index contributed by atoms with van der Waals surface area (Å²) in [6, 6.07) is 12.9. The van der Waals surface area contributed by atoms with Crippen molar-refractivity contribution >= 4 is 34.9 Å². The topological polar surface area (TPSA) is 112 Å². The Morgan fingerprint density at radius 2 is 1.15 bits per heavy atom. The number of carbonyl (C=O) groups excluding carboxylic acids is 4. The van der Waals surface area contributed by atoms with Gasteiger partial charge in [0.2, 0.25) is 0 Å². The van der Waals surface area contributed by atoms with E-state index in [-0.39, 0.29) is 24.3 Å². The second kappa shape index (κ2) is 12.8. The number of Topliss-reactive ketones (excluding diaryl/α,β-unsaturated/α-hetero) is 2. The fourth-order valence-electron chi connectivity index (χ4n) is 2.54. The molecule has 0 amide bonds. The number of ketones is 2. The van der Waals surface area contributed by atoms with E-state index in [1.54, 1.807) is 24.3 Å². The Balaban J connectivity index is 1.64. The average Bonchev–Trinajstić information content (AvgIpc) is 2.84. The molecular weight excluding hydrogens is 444 g/mol. The van der Waals surface area contributed by atoms with Gasteiger partial charge in [-0.3, -0.25) is 9.59 Å². The Hall–Kier alpha value is -4.18. The Morgan fingerprint density at radius 1 is 0.676 bits per heavy atom. The van der Waals surface area contributed by atoms with Gasteiger partial charge in [0.15, 0.2) is 6.26 Å². The third kappa shape index (κ3) is 7.75. The van der Waals surface area contributed by atoms with Gasteiger partial charge in [-0.25, -0.2) is 9.59 Å². The van der Waals surface area contributed by atoms with Crippen LogP contribution in [0.4, 0.5) is 11.4 Å². The minimum Gasteiger partial charge on any atom is -0.457 e. The highest BCUT2D eigenvalue weighted by Crippen LogP contribution is 2.14. The number of hydrogen-bond acceptors (Lipinski definition) is 10. The van der Waals surface area contributed by atoms with Crippen molar-refractivity contribution in [3.05, 3.63) is 72.2 Å². The van der Waals surface area contributed by atoms with Gasteiger partial charge in [-0.15, -0.1) is 0 Å². The van der Waals surface area contributed by atoms with E-state index in [0.717, 1.165) is 23.9 Å². The zero-order chi connectivity index (χ0) is 25.1. The number of hydrogen-bond donors (Lipinski definition) is 0. The first-order valence-corrected chi connectivity index (χ1v) is 10.2. The summed E-state index contributed by atoms with van der Waals surface area (Å²) < 4.78 is 9.49. The quantitative estimate of drug-likeness (QED) is 0.0872. The van der Waals surface area contributed by atoms with Crippen LogP contribution < -0.4 is 9.80 Å². The molecule has 0 aliphatic carbocycles. The number of benzene rings is 2. The summed E-state index contributed by atoms with van der Waals surface area (Å²) in [7, 11) is 7.42. The van der Waals surface area contributed by atoms with Gasteiger partial charge >= 0.3 is 11.9 Å². The molecule has 10 nitrogen and oxygen atoms in total. The molecule has 2 rings (SSSR count). The lowest BCUT2D eigenvalue weighted by Crippen LogP contribution is -2.20. The highest BCUT2D eigenvalue weighted by atomic mass is 17.2. The van der Waals surface area contributed by atoms with E-state index in [1.807, 2.05) is 38.0 Å². The lowest BCUT2D eigenvalue weighted by atomic mass is 10.1. The molecule has 0 spiro atoms. The van der Waals surface area contributed by atoms with Gasteiger partial charge in [-0.1, -0.05) is 0 Å². The Morgan fingerprint density at radius 3 is 1.62 bits per heavy atom. The third-order valence-corrected chi connectivity index (χ3v) is 4.42. The number of esters is 2. The van der Waals surface area contributed by atoms with Crippen LogP contribution in [0.25, 0.3) is 0 Å². The summed E-state index contributed by atoms with van der Waals surface area (Å²) >= 11 is 0. The van der Waals surface area contributed by atoms with Crippen LogP contribution in [-0.2, 0) is 28.8 Å². The van der Waals surface area contributed by atoms with Gasteiger partial charge in [0.25, 0.3) is 11.6 Å². The highest BCUT2D eigenvalue weighted by Gasteiger charge is 2.18. The molecule has 10 heteroatoms. The number of ether oxygens (including phenoxy) is 2. The van der Waals surface area contributed by atoms with Crippen LogP contribution in [0.15, 0.2) is 61.1 Å². The summed E-state index contributed by atoms with van der Waals surface area (Å²) in [5.74, 6) is -3.71. The van der Waals surface area contributed by atoms with Crippen molar-refractivity contribution in [3.63, 3.8) is 0 Å². The number of carbonyl (C=O) groups is 4. The number of anilines is 2. The maximum Gasteiger partial charge on any atom is 0.384 e. The van der Waals surface area contributed by atoms with Crippen molar-refractivity contribution < 1.29 is 38.4 Å². The summed E-state index contributed by atoms with van der Waals surface area (Å²) in [5.41, 5.74) is 2.16. The predicted octanol–water partition coefficient (Wildman–Crippen LogP) is 2.39. The van der Waals surface area contributed by atoms with Crippen LogP contribution in [0.5, 0.6) is 0 Å². The minimum absolute atomic E-state index is 0.186.